The van der Waals surface area contributed by atoms with Crippen LogP contribution in [0.1, 0.15) is 31.9 Å². The Kier molecular flexibility index (Phi) is 7.89. The molecule has 1 unspecified atom stereocenters. The number of carbonyl (C=O) groups excluding carboxylic acids is 2. The molecule has 7 heteroatoms. The van der Waals surface area contributed by atoms with Crippen LogP contribution in [0.5, 0.6) is 11.5 Å². The van der Waals surface area contributed by atoms with Crippen molar-refractivity contribution in [2.24, 2.45) is 11.7 Å². The third-order valence-electron chi connectivity index (χ3n) is 5.28. The second-order valence-electron chi connectivity index (χ2n) is 8.33. The number of primary amides is 1. The highest BCUT2D eigenvalue weighted by atomic mass is 16.5. The average molecular weight is 425 g/mol. The molecule has 1 atom stereocenters. The molecule has 1 fully saturated rings. The van der Waals surface area contributed by atoms with Crippen LogP contribution >= 0.6 is 0 Å². The Morgan fingerprint density at radius 3 is 2.32 bits per heavy atom. The maximum Gasteiger partial charge on any atom is 0.312 e. The van der Waals surface area contributed by atoms with Gasteiger partial charge in [0.05, 0.1) is 12.5 Å². The van der Waals surface area contributed by atoms with Crippen molar-refractivity contribution in [3.05, 3.63) is 60.2 Å². The molecule has 3 rings (SSSR count). The molecule has 0 aromatic heterocycles. The van der Waals surface area contributed by atoms with E-state index in [4.69, 9.17) is 10.5 Å². The van der Waals surface area contributed by atoms with Gasteiger partial charge in [0, 0.05) is 32.7 Å². The Bertz CT molecular complexity index is 864. The zero-order valence-corrected chi connectivity index (χ0v) is 18.3. The van der Waals surface area contributed by atoms with E-state index in [1.165, 1.54) is 0 Å². The number of carbonyl (C=O) groups is 2. The Morgan fingerprint density at radius 1 is 1.00 bits per heavy atom. The van der Waals surface area contributed by atoms with Gasteiger partial charge < -0.3 is 20.7 Å². The van der Waals surface area contributed by atoms with Crippen LogP contribution in [-0.4, -0.2) is 54.5 Å². The Labute approximate surface area is 184 Å². The molecule has 1 heterocycles. The average Bonchev–Trinajstić information content (AvgIpc) is 2.74. The molecule has 2 aromatic carbocycles. The summed E-state index contributed by atoms with van der Waals surface area (Å²) >= 11 is 0. The van der Waals surface area contributed by atoms with Crippen LogP contribution in [-0.2, 0) is 4.79 Å². The zero-order valence-electron chi connectivity index (χ0n) is 18.3. The fourth-order valence-corrected chi connectivity index (χ4v) is 3.84. The molecule has 1 saturated heterocycles. The first-order chi connectivity index (χ1) is 14.9. The number of benzene rings is 2. The molecular weight excluding hydrogens is 392 g/mol. The number of hydrogen-bond donors (Lipinski definition) is 2. The zero-order chi connectivity index (χ0) is 22.2. The SMILES string of the molecule is CC(C)CN1CCN(C(=O)CC(NC(N)=O)c2cccc(Oc3ccccc3)c2)CC1. The van der Waals surface area contributed by atoms with Crippen LogP contribution < -0.4 is 15.8 Å². The summed E-state index contributed by atoms with van der Waals surface area (Å²) in [4.78, 5) is 28.8. The lowest BCUT2D eigenvalue weighted by atomic mass is 10.0. The summed E-state index contributed by atoms with van der Waals surface area (Å²) in [6.07, 6.45) is 0.155. The van der Waals surface area contributed by atoms with E-state index >= 15 is 0 Å². The van der Waals surface area contributed by atoms with Gasteiger partial charge in [0.15, 0.2) is 0 Å². The number of rotatable bonds is 8. The quantitative estimate of drug-likeness (QED) is 0.680. The van der Waals surface area contributed by atoms with E-state index in [2.05, 4.69) is 24.1 Å². The summed E-state index contributed by atoms with van der Waals surface area (Å²) in [5, 5.41) is 2.72. The van der Waals surface area contributed by atoms with Gasteiger partial charge in [-0.2, -0.15) is 0 Å². The maximum absolute atomic E-state index is 13.0. The largest absolute Gasteiger partial charge is 0.457 e. The van der Waals surface area contributed by atoms with Gasteiger partial charge in [0.1, 0.15) is 11.5 Å². The molecule has 0 aliphatic carbocycles. The van der Waals surface area contributed by atoms with Gasteiger partial charge in [0.25, 0.3) is 0 Å². The van der Waals surface area contributed by atoms with Gasteiger partial charge in [-0.05, 0) is 35.7 Å². The molecule has 0 radical (unpaired) electrons. The number of ether oxygens (including phenoxy) is 1. The van der Waals surface area contributed by atoms with E-state index in [9.17, 15) is 9.59 Å². The molecule has 0 spiro atoms. The Hall–Kier alpha value is -3.06. The number of amides is 3. The van der Waals surface area contributed by atoms with Crippen molar-refractivity contribution in [3.8, 4) is 11.5 Å². The molecule has 2 aromatic rings. The van der Waals surface area contributed by atoms with E-state index in [0.29, 0.717) is 24.8 Å². The van der Waals surface area contributed by atoms with Crippen molar-refractivity contribution >= 4 is 11.9 Å². The van der Waals surface area contributed by atoms with E-state index < -0.39 is 12.1 Å². The third kappa shape index (κ3) is 7.00. The highest BCUT2D eigenvalue weighted by molar-refractivity contribution is 5.79. The van der Waals surface area contributed by atoms with Crippen molar-refractivity contribution in [3.63, 3.8) is 0 Å². The molecule has 1 aliphatic heterocycles. The van der Waals surface area contributed by atoms with Crippen molar-refractivity contribution in [2.45, 2.75) is 26.3 Å². The molecule has 1 aliphatic rings. The smallest absolute Gasteiger partial charge is 0.312 e. The minimum Gasteiger partial charge on any atom is -0.457 e. The second-order valence-corrected chi connectivity index (χ2v) is 8.33. The summed E-state index contributed by atoms with van der Waals surface area (Å²) in [5.41, 5.74) is 6.18. The summed E-state index contributed by atoms with van der Waals surface area (Å²) in [5.74, 6) is 1.97. The summed E-state index contributed by atoms with van der Waals surface area (Å²) in [6.45, 7) is 8.59. The Balaban J connectivity index is 1.66. The molecule has 31 heavy (non-hydrogen) atoms. The van der Waals surface area contributed by atoms with Gasteiger partial charge in [-0.1, -0.05) is 44.2 Å². The monoisotopic (exact) mass is 424 g/mol. The van der Waals surface area contributed by atoms with Gasteiger partial charge in [-0.15, -0.1) is 0 Å². The van der Waals surface area contributed by atoms with E-state index in [1.54, 1.807) is 0 Å². The molecule has 166 valence electrons. The standard InChI is InChI=1S/C24H32N4O3/c1-18(2)17-27-11-13-28(14-12-27)23(29)16-22(26-24(25)30)19-7-6-10-21(15-19)31-20-8-4-3-5-9-20/h3-10,15,18,22H,11-14,16-17H2,1-2H3,(H3,25,26,30). The van der Waals surface area contributed by atoms with Crippen LogP contribution in [0.25, 0.3) is 0 Å². The van der Waals surface area contributed by atoms with Crippen LogP contribution in [0.2, 0.25) is 0 Å². The molecule has 0 bridgehead atoms. The van der Waals surface area contributed by atoms with E-state index in [1.807, 2.05) is 59.5 Å². The summed E-state index contributed by atoms with van der Waals surface area (Å²) < 4.78 is 5.89. The van der Waals surface area contributed by atoms with Crippen LogP contribution in [0.15, 0.2) is 54.6 Å². The lowest BCUT2D eigenvalue weighted by Crippen LogP contribution is -2.50. The first-order valence-corrected chi connectivity index (χ1v) is 10.8. The fraction of sp³-hybridized carbons (Fsp3) is 0.417. The molecular formula is C24H32N4O3. The normalized spacial score (nSPS) is 15.5. The van der Waals surface area contributed by atoms with Gasteiger partial charge in [-0.3, -0.25) is 9.69 Å². The van der Waals surface area contributed by atoms with Crippen LogP contribution in [0, 0.1) is 5.92 Å². The highest BCUT2D eigenvalue weighted by Gasteiger charge is 2.25. The number of nitrogens with one attached hydrogen (secondary N) is 1. The minimum absolute atomic E-state index is 0.0114. The number of piperazine rings is 1. The lowest BCUT2D eigenvalue weighted by molar-refractivity contribution is -0.133. The number of nitrogens with zero attached hydrogens (tertiary/aromatic N) is 2. The van der Waals surface area contributed by atoms with Gasteiger partial charge >= 0.3 is 6.03 Å². The topological polar surface area (TPSA) is 87.9 Å². The fourth-order valence-electron chi connectivity index (χ4n) is 3.84. The third-order valence-corrected chi connectivity index (χ3v) is 5.28. The second kappa shape index (κ2) is 10.8. The number of para-hydroxylation sites is 1. The first kappa shape index (κ1) is 22.6. The van der Waals surface area contributed by atoms with E-state index in [-0.39, 0.29) is 12.3 Å². The van der Waals surface area contributed by atoms with Crippen LogP contribution in [0.3, 0.4) is 0 Å². The number of hydrogen-bond acceptors (Lipinski definition) is 4. The van der Waals surface area contributed by atoms with Gasteiger partial charge in [-0.25, -0.2) is 4.79 Å². The van der Waals surface area contributed by atoms with Crippen molar-refractivity contribution in [1.82, 2.24) is 15.1 Å². The van der Waals surface area contributed by atoms with Crippen molar-refractivity contribution in [2.75, 3.05) is 32.7 Å². The number of nitrogens with two attached hydrogens (primary N) is 1. The predicted molar refractivity (Wildman–Crippen MR) is 121 cm³/mol. The van der Waals surface area contributed by atoms with Gasteiger partial charge in [0.2, 0.25) is 5.91 Å². The Morgan fingerprint density at radius 2 is 1.68 bits per heavy atom. The lowest BCUT2D eigenvalue weighted by Gasteiger charge is -2.36. The maximum atomic E-state index is 13.0. The molecule has 3 amide bonds. The number of urea groups is 1. The van der Waals surface area contributed by atoms with Crippen LogP contribution in [0.4, 0.5) is 4.79 Å². The van der Waals surface area contributed by atoms with Crippen molar-refractivity contribution in [1.29, 1.82) is 0 Å². The first-order valence-electron chi connectivity index (χ1n) is 10.8. The summed E-state index contributed by atoms with van der Waals surface area (Å²) in [6, 6.07) is 15.7. The molecule has 7 nitrogen and oxygen atoms in total. The predicted octanol–water partition coefficient (Wildman–Crippen LogP) is 3.38. The highest BCUT2D eigenvalue weighted by Crippen LogP contribution is 2.26. The molecule has 0 saturated carbocycles. The minimum atomic E-state index is -0.658. The summed E-state index contributed by atoms with van der Waals surface area (Å²) in [7, 11) is 0. The van der Waals surface area contributed by atoms with E-state index in [0.717, 1.165) is 30.9 Å². The van der Waals surface area contributed by atoms with Crippen molar-refractivity contribution < 1.29 is 14.3 Å². The molecule has 3 N–H and O–H groups in total.